The summed E-state index contributed by atoms with van der Waals surface area (Å²) in [6.07, 6.45) is 1.41. The molecule has 0 saturated carbocycles. The Kier molecular flexibility index (Phi) is 5.80. The third-order valence-electron chi connectivity index (χ3n) is 2.53. The lowest BCUT2D eigenvalue weighted by Crippen LogP contribution is -2.57. The highest BCUT2D eigenvalue weighted by atomic mass is 16.2. The first-order valence-electron chi connectivity index (χ1n) is 6.41. The van der Waals surface area contributed by atoms with Crippen molar-refractivity contribution in [1.29, 1.82) is 0 Å². The highest BCUT2D eigenvalue weighted by Crippen LogP contribution is 2.09. The number of carbonyl (C=O) groups excluding carboxylic acids is 2. The van der Waals surface area contributed by atoms with Crippen LogP contribution in [0.2, 0.25) is 0 Å². The summed E-state index contributed by atoms with van der Waals surface area (Å²) < 4.78 is 0. The first kappa shape index (κ1) is 16.9. The highest BCUT2D eigenvalue weighted by Gasteiger charge is 2.30. The molecule has 5 heteroatoms. The fourth-order valence-corrected chi connectivity index (χ4v) is 1.54. The van der Waals surface area contributed by atoms with Gasteiger partial charge in [-0.05, 0) is 41.0 Å². The van der Waals surface area contributed by atoms with Gasteiger partial charge in [-0.15, -0.1) is 0 Å². The Bertz CT molecular complexity index is 306. The average molecular weight is 257 g/mol. The molecule has 0 aliphatic heterocycles. The monoisotopic (exact) mass is 257 g/mol. The zero-order valence-electron chi connectivity index (χ0n) is 12.4. The molecule has 0 radical (unpaired) electrons. The van der Waals surface area contributed by atoms with Crippen molar-refractivity contribution >= 4 is 11.8 Å². The van der Waals surface area contributed by atoms with Gasteiger partial charge in [-0.3, -0.25) is 9.59 Å². The molecule has 0 aliphatic rings. The molecule has 2 unspecified atom stereocenters. The Morgan fingerprint density at radius 2 is 1.72 bits per heavy atom. The average Bonchev–Trinajstić information content (AvgIpc) is 2.14. The second kappa shape index (κ2) is 6.18. The van der Waals surface area contributed by atoms with E-state index in [1.165, 1.54) is 0 Å². The van der Waals surface area contributed by atoms with Crippen molar-refractivity contribution in [3.63, 3.8) is 0 Å². The zero-order chi connectivity index (χ0) is 14.6. The van der Waals surface area contributed by atoms with E-state index < -0.39 is 11.6 Å². The fourth-order valence-electron chi connectivity index (χ4n) is 1.54. The van der Waals surface area contributed by atoms with Gasteiger partial charge in [-0.1, -0.05) is 13.3 Å². The van der Waals surface area contributed by atoms with E-state index >= 15 is 0 Å². The molecular weight excluding hydrogens is 230 g/mol. The zero-order valence-corrected chi connectivity index (χ0v) is 12.4. The van der Waals surface area contributed by atoms with E-state index in [2.05, 4.69) is 10.6 Å². The van der Waals surface area contributed by atoms with Crippen molar-refractivity contribution in [1.82, 2.24) is 10.6 Å². The van der Waals surface area contributed by atoms with Gasteiger partial charge >= 0.3 is 0 Å². The van der Waals surface area contributed by atoms with Crippen LogP contribution in [0, 0.1) is 0 Å². The molecule has 2 atom stereocenters. The van der Waals surface area contributed by atoms with Gasteiger partial charge in [0.05, 0.1) is 5.54 Å². The number of carbonyl (C=O) groups is 2. The van der Waals surface area contributed by atoms with Crippen LogP contribution in [0.25, 0.3) is 0 Å². The van der Waals surface area contributed by atoms with Gasteiger partial charge in [0.25, 0.3) is 0 Å². The van der Waals surface area contributed by atoms with E-state index in [1.54, 1.807) is 13.8 Å². The number of hydrogen-bond acceptors (Lipinski definition) is 3. The third kappa shape index (κ3) is 6.00. The molecule has 2 amide bonds. The van der Waals surface area contributed by atoms with E-state index in [0.29, 0.717) is 6.42 Å². The fraction of sp³-hybridized carbons (Fsp3) is 0.846. The van der Waals surface area contributed by atoms with E-state index in [4.69, 9.17) is 5.73 Å². The van der Waals surface area contributed by atoms with Gasteiger partial charge in [0.15, 0.2) is 0 Å². The van der Waals surface area contributed by atoms with Crippen LogP contribution in [0.5, 0.6) is 0 Å². The lowest BCUT2D eigenvalue weighted by atomic mass is 9.96. The summed E-state index contributed by atoms with van der Waals surface area (Å²) in [6, 6.07) is -0.587. The van der Waals surface area contributed by atoms with Crippen molar-refractivity contribution in [2.24, 2.45) is 5.73 Å². The van der Waals surface area contributed by atoms with E-state index in [9.17, 15) is 9.59 Å². The molecule has 0 aromatic carbocycles. The topological polar surface area (TPSA) is 84.2 Å². The SMILES string of the molecule is CCCC(C)(N)C(=O)NC(C)C(=O)NC(C)(C)C. The maximum absolute atomic E-state index is 11.9. The van der Waals surface area contributed by atoms with Gasteiger partial charge in [0.2, 0.25) is 11.8 Å². The summed E-state index contributed by atoms with van der Waals surface area (Å²) in [5.41, 5.74) is 4.66. The molecule has 0 saturated heterocycles. The summed E-state index contributed by atoms with van der Waals surface area (Å²) in [7, 11) is 0. The van der Waals surface area contributed by atoms with Crippen LogP contribution in [0.15, 0.2) is 0 Å². The maximum Gasteiger partial charge on any atom is 0.242 e. The molecule has 18 heavy (non-hydrogen) atoms. The minimum absolute atomic E-state index is 0.205. The van der Waals surface area contributed by atoms with Crippen molar-refractivity contribution in [3.8, 4) is 0 Å². The van der Waals surface area contributed by atoms with Crippen LogP contribution in [-0.2, 0) is 9.59 Å². The van der Waals surface area contributed by atoms with Crippen LogP contribution in [-0.4, -0.2) is 28.9 Å². The second-order valence-electron chi connectivity index (χ2n) is 6.10. The summed E-state index contributed by atoms with van der Waals surface area (Å²) in [5.74, 6) is -0.496. The Labute approximate surface area is 110 Å². The molecule has 0 fully saturated rings. The lowest BCUT2D eigenvalue weighted by Gasteiger charge is -2.27. The maximum atomic E-state index is 11.9. The van der Waals surface area contributed by atoms with Crippen molar-refractivity contribution in [2.45, 2.75) is 71.5 Å². The molecular formula is C13H27N3O2. The molecule has 0 rings (SSSR count). The first-order valence-corrected chi connectivity index (χ1v) is 6.41. The van der Waals surface area contributed by atoms with Crippen LogP contribution in [0.3, 0.4) is 0 Å². The smallest absolute Gasteiger partial charge is 0.242 e. The molecule has 0 aromatic rings. The van der Waals surface area contributed by atoms with Gasteiger partial charge < -0.3 is 16.4 Å². The molecule has 0 bridgehead atoms. The molecule has 0 heterocycles. The van der Waals surface area contributed by atoms with E-state index in [1.807, 2.05) is 27.7 Å². The Morgan fingerprint density at radius 1 is 1.22 bits per heavy atom. The second-order valence-corrected chi connectivity index (χ2v) is 6.10. The number of rotatable bonds is 5. The molecule has 106 valence electrons. The Morgan fingerprint density at radius 3 is 2.11 bits per heavy atom. The van der Waals surface area contributed by atoms with Crippen LogP contribution in [0.4, 0.5) is 0 Å². The third-order valence-corrected chi connectivity index (χ3v) is 2.53. The molecule has 5 nitrogen and oxygen atoms in total. The van der Waals surface area contributed by atoms with Crippen LogP contribution >= 0.6 is 0 Å². The summed E-state index contributed by atoms with van der Waals surface area (Å²) in [5, 5.41) is 5.46. The van der Waals surface area contributed by atoms with Crippen LogP contribution < -0.4 is 16.4 Å². The van der Waals surface area contributed by atoms with Gasteiger partial charge in [0, 0.05) is 5.54 Å². The summed E-state index contributed by atoms with van der Waals surface area (Å²) in [4.78, 5) is 23.7. The standard InChI is InChI=1S/C13H27N3O2/c1-7-8-13(6,14)11(18)15-9(2)10(17)16-12(3,4)5/h9H,7-8,14H2,1-6H3,(H,15,18)(H,16,17). The number of nitrogens with two attached hydrogens (primary N) is 1. The van der Waals surface area contributed by atoms with E-state index in [0.717, 1.165) is 6.42 Å². The van der Waals surface area contributed by atoms with Crippen molar-refractivity contribution < 1.29 is 9.59 Å². The van der Waals surface area contributed by atoms with Gasteiger partial charge in [-0.25, -0.2) is 0 Å². The predicted octanol–water partition coefficient (Wildman–Crippen LogP) is 0.923. The highest BCUT2D eigenvalue weighted by molar-refractivity contribution is 5.91. The number of nitrogens with one attached hydrogen (secondary N) is 2. The first-order chi connectivity index (χ1) is 7.99. The van der Waals surface area contributed by atoms with Gasteiger partial charge in [-0.2, -0.15) is 0 Å². The minimum Gasteiger partial charge on any atom is -0.350 e. The van der Waals surface area contributed by atoms with Crippen LogP contribution in [0.1, 0.15) is 54.4 Å². The number of hydrogen-bond donors (Lipinski definition) is 3. The van der Waals surface area contributed by atoms with Crippen molar-refractivity contribution in [2.75, 3.05) is 0 Å². The lowest BCUT2D eigenvalue weighted by molar-refractivity contribution is -0.132. The molecule has 0 aromatic heterocycles. The predicted molar refractivity (Wildman–Crippen MR) is 73.0 cm³/mol. The molecule has 4 N–H and O–H groups in total. The summed E-state index contributed by atoms with van der Waals surface area (Å²) >= 11 is 0. The number of amides is 2. The Balaban J connectivity index is 4.44. The molecule has 0 aliphatic carbocycles. The van der Waals surface area contributed by atoms with E-state index in [-0.39, 0.29) is 17.4 Å². The summed E-state index contributed by atoms with van der Waals surface area (Å²) in [6.45, 7) is 11.0. The van der Waals surface area contributed by atoms with Crippen molar-refractivity contribution in [3.05, 3.63) is 0 Å². The largest absolute Gasteiger partial charge is 0.350 e. The normalized spacial score (nSPS) is 16.6. The van der Waals surface area contributed by atoms with Gasteiger partial charge in [0.1, 0.15) is 6.04 Å². The Hall–Kier alpha value is -1.10. The molecule has 0 spiro atoms. The minimum atomic E-state index is -0.926. The quantitative estimate of drug-likeness (QED) is 0.685.